The Labute approximate surface area is 141 Å². The largest absolute Gasteiger partial charge is 0.347 e. The third kappa shape index (κ3) is 4.30. The maximum atomic E-state index is 12.3. The summed E-state index contributed by atoms with van der Waals surface area (Å²) in [4.78, 5) is 18.4. The smallest absolute Gasteiger partial charge is 0.257 e. The van der Waals surface area contributed by atoms with E-state index in [0.717, 1.165) is 5.56 Å². The fourth-order valence-electron chi connectivity index (χ4n) is 1.70. The van der Waals surface area contributed by atoms with Gasteiger partial charge in [0.15, 0.2) is 0 Å². The maximum Gasteiger partial charge on any atom is 0.257 e. The molecule has 9 nitrogen and oxygen atoms in total. The monoisotopic (exact) mass is 351 g/mol. The van der Waals surface area contributed by atoms with Crippen LogP contribution in [0.3, 0.4) is 0 Å². The second-order valence-electron chi connectivity index (χ2n) is 5.59. The fraction of sp³-hybridized carbons (Fsp3) is 0.357. The van der Waals surface area contributed by atoms with Gasteiger partial charge in [-0.1, -0.05) is 17.7 Å². The molecule has 0 saturated heterocycles. The van der Waals surface area contributed by atoms with E-state index in [0.29, 0.717) is 11.9 Å². The van der Waals surface area contributed by atoms with Crippen LogP contribution >= 0.6 is 0 Å². The van der Waals surface area contributed by atoms with E-state index < -0.39 is 10.0 Å². The van der Waals surface area contributed by atoms with Crippen molar-refractivity contribution in [1.29, 1.82) is 0 Å². The van der Waals surface area contributed by atoms with Crippen LogP contribution in [-0.2, 0) is 10.0 Å². The minimum absolute atomic E-state index is 0.105. The van der Waals surface area contributed by atoms with E-state index in [9.17, 15) is 8.42 Å². The summed E-state index contributed by atoms with van der Waals surface area (Å²) < 4.78 is 24.6. The molecule has 0 aliphatic carbocycles. The van der Waals surface area contributed by atoms with Crippen LogP contribution in [0.25, 0.3) is 0 Å². The summed E-state index contributed by atoms with van der Waals surface area (Å²) in [6, 6.07) is 6.52. The first kappa shape index (κ1) is 17.9. The standard InChI is InChI=1S/C14H21N7O2S/c1-10-6-8-11(9-7-10)24(22,23)19-18-12-15-13(20(2)3)17-14(16-12)21(4)5/h6-9,19H,1-5H3,(H,15,16,17,18). The van der Waals surface area contributed by atoms with Crippen molar-refractivity contribution in [2.45, 2.75) is 11.8 Å². The van der Waals surface area contributed by atoms with Crippen molar-refractivity contribution in [2.24, 2.45) is 0 Å². The molecule has 0 aliphatic rings. The molecule has 1 aromatic heterocycles. The van der Waals surface area contributed by atoms with E-state index in [2.05, 4.69) is 25.2 Å². The topological polar surface area (TPSA) is 103 Å². The number of aromatic nitrogens is 3. The number of nitrogens with one attached hydrogen (secondary N) is 2. The first-order valence-corrected chi connectivity index (χ1v) is 8.62. The van der Waals surface area contributed by atoms with Crippen molar-refractivity contribution >= 4 is 27.9 Å². The first-order chi connectivity index (χ1) is 11.2. The molecule has 2 rings (SSSR count). The molecule has 10 heteroatoms. The van der Waals surface area contributed by atoms with Gasteiger partial charge in [-0.3, -0.25) is 5.43 Å². The number of anilines is 3. The number of hydrogen-bond donors (Lipinski definition) is 2. The van der Waals surface area contributed by atoms with Gasteiger partial charge in [0.05, 0.1) is 4.90 Å². The molecule has 0 saturated carbocycles. The lowest BCUT2D eigenvalue weighted by Crippen LogP contribution is -2.31. The van der Waals surface area contributed by atoms with Crippen LogP contribution in [0.1, 0.15) is 5.56 Å². The van der Waals surface area contributed by atoms with Crippen LogP contribution in [0.2, 0.25) is 0 Å². The van der Waals surface area contributed by atoms with Crippen molar-refractivity contribution in [3.8, 4) is 0 Å². The van der Waals surface area contributed by atoms with Crippen LogP contribution in [-0.4, -0.2) is 51.6 Å². The van der Waals surface area contributed by atoms with Crippen LogP contribution < -0.4 is 20.1 Å². The van der Waals surface area contributed by atoms with Crippen LogP contribution in [0.15, 0.2) is 29.2 Å². The zero-order valence-corrected chi connectivity index (χ0v) is 15.1. The molecule has 0 radical (unpaired) electrons. The van der Waals surface area contributed by atoms with Gasteiger partial charge >= 0.3 is 0 Å². The molecule has 0 unspecified atom stereocenters. The van der Waals surface area contributed by atoms with E-state index >= 15 is 0 Å². The zero-order chi connectivity index (χ0) is 17.9. The number of benzene rings is 1. The maximum absolute atomic E-state index is 12.3. The van der Waals surface area contributed by atoms with E-state index in [1.54, 1.807) is 50.1 Å². The molecule has 1 heterocycles. The van der Waals surface area contributed by atoms with Crippen LogP contribution in [0.4, 0.5) is 17.8 Å². The van der Waals surface area contributed by atoms with Gasteiger partial charge in [0.25, 0.3) is 10.0 Å². The second-order valence-corrected chi connectivity index (χ2v) is 7.27. The predicted octanol–water partition coefficient (Wildman–Crippen LogP) is 0.617. The van der Waals surface area contributed by atoms with E-state index in [4.69, 9.17) is 0 Å². The molecule has 2 aromatic rings. The molecule has 2 N–H and O–H groups in total. The third-order valence-corrected chi connectivity index (χ3v) is 4.30. The summed E-state index contributed by atoms with van der Waals surface area (Å²) in [5.74, 6) is 0.921. The number of hydrogen-bond acceptors (Lipinski definition) is 8. The number of rotatable bonds is 6. The summed E-state index contributed by atoms with van der Waals surface area (Å²) in [6.07, 6.45) is 0. The molecule has 0 atom stereocenters. The molecule has 0 aliphatic heterocycles. The van der Waals surface area contributed by atoms with Gasteiger partial charge in [0.2, 0.25) is 17.8 Å². The average Bonchev–Trinajstić information content (AvgIpc) is 2.53. The van der Waals surface area contributed by atoms with E-state index in [1.807, 2.05) is 6.92 Å². The lowest BCUT2D eigenvalue weighted by molar-refractivity contribution is 0.587. The number of hydrazine groups is 1. The minimum Gasteiger partial charge on any atom is -0.347 e. The summed E-state index contributed by atoms with van der Waals surface area (Å²) in [5, 5.41) is 0. The molecular weight excluding hydrogens is 330 g/mol. The first-order valence-electron chi connectivity index (χ1n) is 7.14. The van der Waals surface area contributed by atoms with Crippen molar-refractivity contribution in [2.75, 3.05) is 43.4 Å². The highest BCUT2D eigenvalue weighted by atomic mass is 32.2. The Morgan fingerprint density at radius 2 is 1.38 bits per heavy atom. The Bertz CT molecular complexity index is 778. The van der Waals surface area contributed by atoms with Gasteiger partial charge in [-0.25, -0.2) is 8.42 Å². The zero-order valence-electron chi connectivity index (χ0n) is 14.3. The van der Waals surface area contributed by atoms with Crippen molar-refractivity contribution in [1.82, 2.24) is 19.8 Å². The summed E-state index contributed by atoms with van der Waals surface area (Å²) >= 11 is 0. The summed E-state index contributed by atoms with van der Waals surface area (Å²) in [6.45, 7) is 1.89. The lowest BCUT2D eigenvalue weighted by Gasteiger charge is -2.16. The third-order valence-electron chi connectivity index (χ3n) is 3.04. The highest BCUT2D eigenvalue weighted by molar-refractivity contribution is 7.89. The molecule has 0 fully saturated rings. The van der Waals surface area contributed by atoms with Gasteiger partial charge in [-0.05, 0) is 19.1 Å². The minimum atomic E-state index is -3.73. The number of aryl methyl sites for hydroxylation is 1. The Hall–Kier alpha value is -2.46. The number of sulfonamides is 1. The van der Waals surface area contributed by atoms with Gasteiger partial charge in [0, 0.05) is 28.2 Å². The lowest BCUT2D eigenvalue weighted by atomic mass is 10.2. The van der Waals surface area contributed by atoms with Crippen LogP contribution in [0.5, 0.6) is 0 Å². The molecule has 0 amide bonds. The quantitative estimate of drug-likeness (QED) is 0.730. The van der Waals surface area contributed by atoms with Crippen molar-refractivity contribution in [3.63, 3.8) is 0 Å². The van der Waals surface area contributed by atoms with Gasteiger partial charge in [-0.15, -0.1) is 4.83 Å². The van der Waals surface area contributed by atoms with Gasteiger partial charge < -0.3 is 9.80 Å². The predicted molar refractivity (Wildman–Crippen MR) is 93.6 cm³/mol. The summed E-state index contributed by atoms with van der Waals surface area (Å²) in [7, 11) is 3.42. The van der Waals surface area contributed by atoms with E-state index in [1.165, 1.54) is 12.1 Å². The summed E-state index contributed by atoms with van der Waals surface area (Å²) in [5.41, 5.74) is 3.51. The number of nitrogens with zero attached hydrogens (tertiary/aromatic N) is 5. The van der Waals surface area contributed by atoms with Crippen molar-refractivity contribution in [3.05, 3.63) is 29.8 Å². The van der Waals surface area contributed by atoms with Gasteiger partial charge in [-0.2, -0.15) is 15.0 Å². The molecule has 0 spiro atoms. The highest BCUT2D eigenvalue weighted by Gasteiger charge is 2.15. The Morgan fingerprint density at radius 3 is 1.83 bits per heavy atom. The SMILES string of the molecule is Cc1ccc(S(=O)(=O)NNc2nc(N(C)C)nc(N(C)C)n2)cc1. The second kappa shape index (κ2) is 6.97. The normalized spacial score (nSPS) is 11.2. The van der Waals surface area contributed by atoms with Crippen LogP contribution in [0, 0.1) is 6.92 Å². The molecule has 130 valence electrons. The Morgan fingerprint density at radius 1 is 0.875 bits per heavy atom. The highest BCUT2D eigenvalue weighted by Crippen LogP contribution is 2.14. The molecule has 24 heavy (non-hydrogen) atoms. The molecule has 1 aromatic carbocycles. The molecule has 0 bridgehead atoms. The molecular formula is C14H21N7O2S. The van der Waals surface area contributed by atoms with E-state index in [-0.39, 0.29) is 10.8 Å². The fourth-order valence-corrected chi connectivity index (χ4v) is 2.54. The average molecular weight is 351 g/mol. The Kier molecular flexibility index (Phi) is 5.20. The Balaban J connectivity index is 2.23. The van der Waals surface area contributed by atoms with Crippen molar-refractivity contribution < 1.29 is 8.42 Å². The van der Waals surface area contributed by atoms with Gasteiger partial charge in [0.1, 0.15) is 0 Å².